The van der Waals surface area contributed by atoms with Gasteiger partial charge in [0.2, 0.25) is 0 Å². The Morgan fingerprint density at radius 1 is 0.941 bits per heavy atom. The minimum atomic E-state index is 0.885. The molecular formula is C15H13NO. The Morgan fingerprint density at radius 2 is 1.71 bits per heavy atom. The summed E-state index contributed by atoms with van der Waals surface area (Å²) in [6, 6.07) is 16.5. The van der Waals surface area contributed by atoms with Crippen molar-refractivity contribution in [2.24, 2.45) is 0 Å². The molecule has 2 aromatic rings. The zero-order valence-corrected chi connectivity index (χ0v) is 9.63. The van der Waals surface area contributed by atoms with E-state index in [1.165, 1.54) is 5.56 Å². The molecule has 0 atom stereocenters. The molecule has 2 aromatic carbocycles. The van der Waals surface area contributed by atoms with E-state index in [9.17, 15) is 0 Å². The van der Waals surface area contributed by atoms with Crippen molar-refractivity contribution < 1.29 is 4.74 Å². The van der Waals surface area contributed by atoms with Crippen molar-refractivity contribution in [3.8, 4) is 5.75 Å². The summed E-state index contributed by atoms with van der Waals surface area (Å²) in [7, 11) is 0. The summed E-state index contributed by atoms with van der Waals surface area (Å²) >= 11 is 0. The SMILES string of the molecule is Cc1ccc(N2C=COc3ccccc32)cc1. The predicted octanol–water partition coefficient (Wildman–Crippen LogP) is 4.00. The molecule has 0 fully saturated rings. The third-order valence-corrected chi connectivity index (χ3v) is 2.84. The van der Waals surface area contributed by atoms with Gasteiger partial charge in [-0.1, -0.05) is 29.8 Å². The highest BCUT2D eigenvalue weighted by atomic mass is 16.5. The molecule has 0 bridgehead atoms. The predicted molar refractivity (Wildman–Crippen MR) is 69.5 cm³/mol. The van der Waals surface area contributed by atoms with Crippen molar-refractivity contribution in [3.05, 3.63) is 66.6 Å². The number of rotatable bonds is 1. The minimum Gasteiger partial charge on any atom is -0.461 e. The van der Waals surface area contributed by atoms with Crippen LogP contribution in [0.15, 0.2) is 61.0 Å². The first-order valence-electron chi connectivity index (χ1n) is 5.63. The van der Waals surface area contributed by atoms with E-state index in [2.05, 4.69) is 42.2 Å². The molecule has 0 unspecified atom stereocenters. The molecule has 2 nitrogen and oxygen atoms in total. The molecule has 84 valence electrons. The van der Waals surface area contributed by atoms with Crippen molar-refractivity contribution in [3.63, 3.8) is 0 Å². The summed E-state index contributed by atoms with van der Waals surface area (Å²) in [5, 5.41) is 0. The van der Waals surface area contributed by atoms with E-state index in [1.54, 1.807) is 6.26 Å². The molecule has 1 aliphatic heterocycles. The average Bonchev–Trinajstić information content (AvgIpc) is 2.39. The van der Waals surface area contributed by atoms with Crippen LogP contribution in [0.5, 0.6) is 5.75 Å². The van der Waals surface area contributed by atoms with Crippen LogP contribution in [0, 0.1) is 6.92 Å². The second kappa shape index (κ2) is 3.98. The standard InChI is InChI=1S/C15H13NO/c1-12-6-8-13(9-7-12)16-10-11-17-15-5-3-2-4-14(15)16/h2-11H,1H3. The fourth-order valence-electron chi connectivity index (χ4n) is 1.93. The van der Waals surface area contributed by atoms with Crippen LogP contribution in [-0.4, -0.2) is 0 Å². The first-order chi connectivity index (χ1) is 8.34. The molecule has 2 heteroatoms. The van der Waals surface area contributed by atoms with E-state index in [4.69, 9.17) is 4.74 Å². The van der Waals surface area contributed by atoms with Gasteiger partial charge in [-0.15, -0.1) is 0 Å². The van der Waals surface area contributed by atoms with Crippen LogP contribution in [0.4, 0.5) is 11.4 Å². The molecular weight excluding hydrogens is 210 g/mol. The van der Waals surface area contributed by atoms with E-state index in [-0.39, 0.29) is 0 Å². The van der Waals surface area contributed by atoms with Gasteiger partial charge in [0.1, 0.15) is 6.26 Å². The number of nitrogens with zero attached hydrogens (tertiary/aromatic N) is 1. The van der Waals surface area contributed by atoms with Crippen LogP contribution in [0.3, 0.4) is 0 Å². The Bertz CT molecular complexity index is 557. The average molecular weight is 223 g/mol. The fraction of sp³-hybridized carbons (Fsp3) is 0.0667. The van der Waals surface area contributed by atoms with Crippen molar-refractivity contribution in [2.45, 2.75) is 6.92 Å². The Labute approximate surface area is 101 Å². The molecule has 1 aliphatic rings. The number of ether oxygens (including phenoxy) is 1. The Kier molecular flexibility index (Phi) is 2.33. The molecule has 17 heavy (non-hydrogen) atoms. The number of anilines is 2. The van der Waals surface area contributed by atoms with Crippen molar-refractivity contribution in [1.29, 1.82) is 0 Å². The molecule has 0 aliphatic carbocycles. The highest BCUT2D eigenvalue weighted by molar-refractivity contribution is 5.72. The largest absolute Gasteiger partial charge is 0.461 e. The highest BCUT2D eigenvalue weighted by Crippen LogP contribution is 2.36. The topological polar surface area (TPSA) is 12.5 Å². The first kappa shape index (κ1) is 9.97. The summed E-state index contributed by atoms with van der Waals surface area (Å²) in [5.74, 6) is 0.885. The van der Waals surface area contributed by atoms with Gasteiger partial charge in [0, 0.05) is 11.9 Å². The maximum atomic E-state index is 5.48. The number of aryl methyl sites for hydroxylation is 1. The molecule has 1 heterocycles. The fourth-order valence-corrected chi connectivity index (χ4v) is 1.93. The summed E-state index contributed by atoms with van der Waals surface area (Å²) in [6.07, 6.45) is 3.65. The molecule has 0 saturated carbocycles. The molecule has 0 aromatic heterocycles. The van der Waals surface area contributed by atoms with Gasteiger partial charge in [-0.05, 0) is 31.2 Å². The van der Waals surface area contributed by atoms with Gasteiger partial charge >= 0.3 is 0 Å². The molecule has 3 rings (SSSR count). The maximum absolute atomic E-state index is 5.48. The maximum Gasteiger partial charge on any atom is 0.150 e. The van der Waals surface area contributed by atoms with Crippen LogP contribution in [0.25, 0.3) is 0 Å². The summed E-state index contributed by atoms with van der Waals surface area (Å²) < 4.78 is 5.48. The van der Waals surface area contributed by atoms with E-state index in [0.717, 1.165) is 17.1 Å². The van der Waals surface area contributed by atoms with Crippen molar-refractivity contribution in [2.75, 3.05) is 4.90 Å². The van der Waals surface area contributed by atoms with Gasteiger partial charge in [0.25, 0.3) is 0 Å². The van der Waals surface area contributed by atoms with Gasteiger partial charge in [-0.3, -0.25) is 0 Å². The number of fused-ring (bicyclic) bond motifs is 1. The summed E-state index contributed by atoms with van der Waals surface area (Å²) in [5.41, 5.74) is 3.47. The van der Waals surface area contributed by atoms with Gasteiger partial charge < -0.3 is 9.64 Å². The molecule has 0 N–H and O–H groups in total. The third kappa shape index (κ3) is 1.78. The smallest absolute Gasteiger partial charge is 0.150 e. The van der Waals surface area contributed by atoms with Crippen LogP contribution < -0.4 is 9.64 Å². The lowest BCUT2D eigenvalue weighted by molar-refractivity contribution is 0.473. The normalized spacial score (nSPS) is 13.1. The molecule has 0 saturated heterocycles. The first-order valence-corrected chi connectivity index (χ1v) is 5.63. The van der Waals surface area contributed by atoms with Crippen molar-refractivity contribution in [1.82, 2.24) is 0 Å². The lowest BCUT2D eigenvalue weighted by Gasteiger charge is -2.25. The summed E-state index contributed by atoms with van der Waals surface area (Å²) in [4.78, 5) is 2.12. The monoisotopic (exact) mass is 223 g/mol. The Balaban J connectivity index is 2.06. The highest BCUT2D eigenvalue weighted by Gasteiger charge is 2.14. The second-order valence-corrected chi connectivity index (χ2v) is 4.08. The van der Waals surface area contributed by atoms with E-state index in [1.807, 2.05) is 24.4 Å². The second-order valence-electron chi connectivity index (χ2n) is 4.08. The van der Waals surface area contributed by atoms with Gasteiger partial charge in [-0.25, -0.2) is 0 Å². The van der Waals surface area contributed by atoms with E-state index < -0.39 is 0 Å². The van der Waals surface area contributed by atoms with Gasteiger partial charge in [0.05, 0.1) is 5.69 Å². The molecule has 0 amide bonds. The quantitative estimate of drug-likeness (QED) is 0.724. The lowest BCUT2D eigenvalue weighted by atomic mass is 10.2. The zero-order valence-electron chi connectivity index (χ0n) is 9.63. The van der Waals surface area contributed by atoms with Crippen LogP contribution >= 0.6 is 0 Å². The lowest BCUT2D eigenvalue weighted by Crippen LogP contribution is -2.13. The number of hydrogen-bond donors (Lipinski definition) is 0. The van der Waals surface area contributed by atoms with Crippen LogP contribution in [-0.2, 0) is 0 Å². The number of benzene rings is 2. The van der Waals surface area contributed by atoms with Crippen LogP contribution in [0.1, 0.15) is 5.56 Å². The number of para-hydroxylation sites is 2. The Hall–Kier alpha value is -2.22. The van der Waals surface area contributed by atoms with Gasteiger partial charge in [0.15, 0.2) is 5.75 Å². The minimum absolute atomic E-state index is 0.885. The Morgan fingerprint density at radius 3 is 2.53 bits per heavy atom. The van der Waals surface area contributed by atoms with Crippen LogP contribution in [0.2, 0.25) is 0 Å². The zero-order chi connectivity index (χ0) is 11.7. The third-order valence-electron chi connectivity index (χ3n) is 2.84. The van der Waals surface area contributed by atoms with Gasteiger partial charge in [-0.2, -0.15) is 0 Å². The molecule has 0 radical (unpaired) electrons. The van der Waals surface area contributed by atoms with Crippen molar-refractivity contribution >= 4 is 11.4 Å². The summed E-state index contributed by atoms with van der Waals surface area (Å²) in [6.45, 7) is 2.09. The van der Waals surface area contributed by atoms with E-state index in [0.29, 0.717) is 0 Å². The molecule has 0 spiro atoms. The van der Waals surface area contributed by atoms with E-state index >= 15 is 0 Å². The number of hydrogen-bond acceptors (Lipinski definition) is 2.